The van der Waals surface area contributed by atoms with Crippen LogP contribution in [0.4, 0.5) is 15.9 Å². The monoisotopic (exact) mass is 658 g/mol. The second kappa shape index (κ2) is 14.5. The Morgan fingerprint density at radius 1 is 1.04 bits per heavy atom. The van der Waals surface area contributed by atoms with Crippen LogP contribution in [0.3, 0.4) is 0 Å². The van der Waals surface area contributed by atoms with Crippen LogP contribution in [0.15, 0.2) is 36.7 Å². The van der Waals surface area contributed by atoms with Crippen LogP contribution in [0.1, 0.15) is 99.8 Å². The maximum Gasteiger partial charge on any atom is 0.306 e. The second-order valence-electron chi connectivity index (χ2n) is 14.6. The largest absolute Gasteiger partial charge is 0.481 e. The van der Waals surface area contributed by atoms with E-state index in [4.69, 9.17) is 9.97 Å². The van der Waals surface area contributed by atoms with Crippen molar-refractivity contribution in [1.82, 2.24) is 30.0 Å². The number of carboxylic acid groups (broad SMARTS) is 1. The van der Waals surface area contributed by atoms with Crippen LogP contribution in [0.25, 0.3) is 0 Å². The van der Waals surface area contributed by atoms with Crippen LogP contribution in [-0.4, -0.2) is 66.9 Å². The Bertz CT molecular complexity index is 1540. The van der Waals surface area contributed by atoms with Crippen molar-refractivity contribution in [3.63, 3.8) is 0 Å². The lowest BCUT2D eigenvalue weighted by molar-refractivity contribution is -0.143. The Morgan fingerprint density at radius 2 is 1.79 bits per heavy atom. The van der Waals surface area contributed by atoms with Crippen molar-refractivity contribution in [2.24, 2.45) is 18.9 Å². The number of carboxylic acids is 1. The Morgan fingerprint density at radius 3 is 2.46 bits per heavy atom. The fraction of sp³-hybridized carbons (Fsp3) is 0.622. The van der Waals surface area contributed by atoms with Crippen LogP contribution in [-0.2, 0) is 31.4 Å². The lowest BCUT2D eigenvalue weighted by Crippen LogP contribution is -2.43. The molecule has 48 heavy (non-hydrogen) atoms. The Hall–Kier alpha value is -3.57. The van der Waals surface area contributed by atoms with Gasteiger partial charge in [0, 0.05) is 74.2 Å². The Labute approximate surface area is 283 Å². The summed E-state index contributed by atoms with van der Waals surface area (Å²) in [5.74, 6) is 1.01. The molecule has 0 spiro atoms. The van der Waals surface area contributed by atoms with Crippen molar-refractivity contribution in [2.45, 2.75) is 115 Å². The van der Waals surface area contributed by atoms with E-state index in [1.807, 2.05) is 30.1 Å². The molecule has 3 aromatic rings. The molecule has 5 heterocycles. The minimum Gasteiger partial charge on any atom is -0.481 e. The molecule has 4 aliphatic rings. The first-order valence-electron chi connectivity index (χ1n) is 18.2. The zero-order valence-electron chi connectivity index (χ0n) is 28.5. The number of halogens is 1. The first-order valence-corrected chi connectivity index (χ1v) is 18.2. The van der Waals surface area contributed by atoms with Gasteiger partial charge in [-0.25, -0.2) is 14.4 Å². The molecule has 10 nitrogen and oxygen atoms in total. The quantitative estimate of drug-likeness (QED) is 0.221. The highest BCUT2D eigenvalue weighted by atomic mass is 19.1. The molecule has 1 aromatic carbocycles. The summed E-state index contributed by atoms with van der Waals surface area (Å²) < 4.78 is 15.7. The lowest BCUT2D eigenvalue weighted by atomic mass is 9.78. The van der Waals surface area contributed by atoms with Crippen molar-refractivity contribution in [2.75, 3.05) is 23.3 Å². The number of hydrogen-bond acceptors (Lipinski definition) is 8. The topological polar surface area (TPSA) is 111 Å². The fourth-order valence-electron chi connectivity index (χ4n) is 8.92. The molecule has 0 radical (unpaired) electrons. The molecular formula is C37H51FN8O2. The van der Waals surface area contributed by atoms with E-state index >= 15 is 0 Å². The van der Waals surface area contributed by atoms with Crippen molar-refractivity contribution in [3.05, 3.63) is 65.1 Å². The van der Waals surface area contributed by atoms with Crippen LogP contribution in [0.2, 0.25) is 0 Å². The summed E-state index contributed by atoms with van der Waals surface area (Å²) >= 11 is 0. The highest BCUT2D eigenvalue weighted by Crippen LogP contribution is 2.38. The molecule has 0 amide bonds. The van der Waals surface area contributed by atoms with E-state index in [1.54, 1.807) is 0 Å². The third kappa shape index (κ3) is 7.22. The first-order chi connectivity index (χ1) is 23.3. The molecule has 3 N–H and O–H groups in total. The predicted molar refractivity (Wildman–Crippen MR) is 184 cm³/mol. The number of aryl methyl sites for hydroxylation is 1. The van der Waals surface area contributed by atoms with E-state index in [0.717, 1.165) is 85.8 Å². The number of nitrogens with one attached hydrogen (secondary N) is 2. The van der Waals surface area contributed by atoms with Gasteiger partial charge in [0.2, 0.25) is 0 Å². The number of fused-ring (bicyclic) bond motifs is 3. The molecule has 2 saturated heterocycles. The molecular weight excluding hydrogens is 607 g/mol. The average Bonchev–Trinajstić information content (AvgIpc) is 3.61. The van der Waals surface area contributed by atoms with Gasteiger partial charge in [0.25, 0.3) is 0 Å². The van der Waals surface area contributed by atoms with Gasteiger partial charge in [-0.3, -0.25) is 14.4 Å². The maximum atomic E-state index is 13.8. The van der Waals surface area contributed by atoms with E-state index < -0.39 is 5.97 Å². The number of benzene rings is 1. The first kappa shape index (κ1) is 33.0. The second-order valence-corrected chi connectivity index (χ2v) is 14.6. The number of hydrogen-bond donors (Lipinski definition) is 3. The maximum absolute atomic E-state index is 13.8. The molecule has 4 atom stereocenters. The van der Waals surface area contributed by atoms with E-state index in [-0.39, 0.29) is 17.8 Å². The van der Waals surface area contributed by atoms with Gasteiger partial charge < -0.3 is 20.6 Å². The number of rotatable bonds is 12. The van der Waals surface area contributed by atoms with Gasteiger partial charge in [-0.05, 0) is 88.0 Å². The van der Waals surface area contributed by atoms with Gasteiger partial charge in [0.05, 0.1) is 30.4 Å². The summed E-state index contributed by atoms with van der Waals surface area (Å²) in [5, 5.41) is 21.7. The van der Waals surface area contributed by atoms with Gasteiger partial charge in [0.15, 0.2) is 0 Å². The smallest absolute Gasteiger partial charge is 0.306 e. The van der Waals surface area contributed by atoms with Crippen LogP contribution >= 0.6 is 0 Å². The molecule has 2 aromatic heterocycles. The lowest BCUT2D eigenvalue weighted by Gasteiger charge is -2.38. The van der Waals surface area contributed by atoms with Crippen LogP contribution in [0.5, 0.6) is 0 Å². The number of piperidine rings is 1. The SMILES string of the molecule is CC[C@@H](NCc1nc2c(c(N[C@@H](CN3[C@@H]4CCC[C@@H]3CC4)c3cnn(C)c3)n1)CN(c1ccc(F)cc1)CC2)C1CCC(C(=O)O)CC1. The van der Waals surface area contributed by atoms with E-state index in [2.05, 4.69) is 38.7 Å². The summed E-state index contributed by atoms with van der Waals surface area (Å²) in [7, 11) is 1.97. The number of anilines is 2. The fourth-order valence-corrected chi connectivity index (χ4v) is 8.92. The number of nitrogens with zero attached hydrogens (tertiary/aromatic N) is 6. The minimum absolute atomic E-state index is 0.0220. The highest BCUT2D eigenvalue weighted by Gasteiger charge is 2.38. The minimum atomic E-state index is -0.660. The molecule has 7 rings (SSSR count). The summed E-state index contributed by atoms with van der Waals surface area (Å²) in [6.45, 7) is 5.13. The summed E-state index contributed by atoms with van der Waals surface area (Å²) in [4.78, 5) is 26.9. The van der Waals surface area contributed by atoms with Crippen molar-refractivity contribution >= 4 is 17.5 Å². The zero-order valence-corrected chi connectivity index (χ0v) is 28.5. The van der Waals surface area contributed by atoms with Gasteiger partial charge in [-0.15, -0.1) is 0 Å². The summed E-state index contributed by atoms with van der Waals surface area (Å²) in [5.41, 5.74) is 4.32. The molecule has 1 saturated carbocycles. The van der Waals surface area contributed by atoms with Gasteiger partial charge >= 0.3 is 5.97 Å². The molecule has 3 aliphatic heterocycles. The van der Waals surface area contributed by atoms with E-state index in [1.165, 1.54) is 44.2 Å². The van der Waals surface area contributed by atoms with Crippen LogP contribution < -0.4 is 15.5 Å². The molecule has 3 fully saturated rings. The summed E-state index contributed by atoms with van der Waals surface area (Å²) in [6.07, 6.45) is 15.7. The third-order valence-corrected chi connectivity index (χ3v) is 11.6. The predicted octanol–water partition coefficient (Wildman–Crippen LogP) is 5.84. The Kier molecular flexibility index (Phi) is 9.95. The molecule has 258 valence electrons. The van der Waals surface area contributed by atoms with E-state index in [0.29, 0.717) is 37.1 Å². The molecule has 1 aliphatic carbocycles. The van der Waals surface area contributed by atoms with E-state index in [9.17, 15) is 14.3 Å². The van der Waals surface area contributed by atoms with Crippen molar-refractivity contribution < 1.29 is 14.3 Å². The normalized spacial score (nSPS) is 25.4. The van der Waals surface area contributed by atoms with Crippen molar-refractivity contribution in [1.29, 1.82) is 0 Å². The number of aliphatic carboxylic acids is 1. The number of aromatic nitrogens is 4. The van der Waals surface area contributed by atoms with Gasteiger partial charge in [-0.2, -0.15) is 5.10 Å². The standard InChI is InChI=1S/C37H51FN8O2/c1-3-32(24-7-9-25(10-8-24)37(47)48)39-20-35-41-33-17-18-45(28-13-11-27(38)12-14-28)22-31(33)36(43-35)42-34(26-19-40-44(2)21-26)23-46-29-5-4-6-30(46)16-15-29/h11-14,19,21,24-25,29-30,32,34,39H,3-10,15-18,20,22-23H2,1-2H3,(H,47,48)(H,41,42,43)/t24?,25?,29-,30-,32-,34+/m1/s1. The number of carbonyl (C=O) groups is 1. The summed E-state index contributed by atoms with van der Waals surface area (Å²) in [6, 6.07) is 8.37. The zero-order chi connectivity index (χ0) is 33.2. The molecule has 2 bridgehead atoms. The van der Waals surface area contributed by atoms with Gasteiger partial charge in [-0.1, -0.05) is 13.3 Å². The van der Waals surface area contributed by atoms with Crippen molar-refractivity contribution in [3.8, 4) is 0 Å². The molecule has 0 unspecified atom stereocenters. The van der Waals surface area contributed by atoms with Gasteiger partial charge in [0.1, 0.15) is 17.5 Å². The van der Waals surface area contributed by atoms with Crippen LogP contribution in [0, 0.1) is 17.7 Å². The average molecular weight is 659 g/mol. The Balaban J connectivity index is 1.16. The highest BCUT2D eigenvalue weighted by molar-refractivity contribution is 5.70. The third-order valence-electron chi connectivity index (χ3n) is 11.6. The molecule has 11 heteroatoms.